The molecule has 0 amide bonds. The van der Waals surface area contributed by atoms with Crippen LogP contribution in [0.15, 0.2) is 54.6 Å². The Morgan fingerprint density at radius 2 is 1.85 bits per heavy atom. The Morgan fingerprint density at radius 3 is 2.74 bits per heavy atom. The number of aromatic nitrogens is 1. The minimum atomic E-state index is 0.170. The minimum absolute atomic E-state index is 0.170. The molecule has 1 aliphatic rings. The van der Waals surface area contributed by atoms with E-state index in [9.17, 15) is 5.11 Å². The molecule has 134 valence electrons. The van der Waals surface area contributed by atoms with Crippen LogP contribution in [0.1, 0.15) is 24.5 Å². The Kier molecular flexibility index (Phi) is 3.75. The number of fused-ring (bicyclic) bond motifs is 5. The number of rotatable bonds is 3. The third-order valence-electron chi connectivity index (χ3n) is 5.48. The van der Waals surface area contributed by atoms with Crippen molar-refractivity contribution in [2.45, 2.75) is 26.2 Å². The van der Waals surface area contributed by atoms with Crippen molar-refractivity contribution in [2.75, 3.05) is 6.61 Å². The molecule has 0 fully saturated rings. The molecule has 0 atom stereocenters. The summed E-state index contributed by atoms with van der Waals surface area (Å²) in [5.41, 5.74) is 5.83. The molecule has 27 heavy (non-hydrogen) atoms. The van der Waals surface area contributed by atoms with Crippen molar-refractivity contribution in [1.29, 1.82) is 0 Å². The van der Waals surface area contributed by atoms with Crippen LogP contribution in [0.4, 0.5) is 0 Å². The van der Waals surface area contributed by atoms with Gasteiger partial charge in [-0.2, -0.15) is 0 Å². The lowest BCUT2D eigenvalue weighted by molar-refractivity contribution is 0.318. The molecule has 5 rings (SSSR count). The fraction of sp³-hybridized carbons (Fsp3) is 0.208. The number of hydrogen-bond acceptors (Lipinski definition) is 3. The lowest BCUT2D eigenvalue weighted by Crippen LogP contribution is -1.97. The van der Waals surface area contributed by atoms with Crippen molar-refractivity contribution in [3.8, 4) is 22.8 Å². The fourth-order valence-electron chi connectivity index (χ4n) is 4.31. The number of aromatic hydroxyl groups is 1. The zero-order valence-electron chi connectivity index (χ0n) is 15.3. The van der Waals surface area contributed by atoms with Gasteiger partial charge in [-0.3, -0.25) is 0 Å². The largest absolute Gasteiger partial charge is 0.504 e. The van der Waals surface area contributed by atoms with Crippen molar-refractivity contribution in [1.82, 2.24) is 4.98 Å². The molecule has 3 nitrogen and oxygen atoms in total. The smallest absolute Gasteiger partial charge is 0.161 e. The van der Waals surface area contributed by atoms with E-state index in [-0.39, 0.29) is 5.75 Å². The molecule has 0 saturated heterocycles. The van der Waals surface area contributed by atoms with Gasteiger partial charge in [0.15, 0.2) is 11.5 Å². The Labute approximate surface area is 158 Å². The number of phenolic OH excluding ortho intramolecular Hbond substituents is 1. The summed E-state index contributed by atoms with van der Waals surface area (Å²) in [6, 6.07) is 18.4. The van der Waals surface area contributed by atoms with Crippen LogP contribution in [-0.2, 0) is 12.8 Å². The summed E-state index contributed by atoms with van der Waals surface area (Å²) in [5.74, 6) is 0.686. The van der Waals surface area contributed by atoms with Gasteiger partial charge in [0.2, 0.25) is 0 Å². The van der Waals surface area contributed by atoms with E-state index >= 15 is 0 Å². The zero-order valence-corrected chi connectivity index (χ0v) is 15.3. The van der Waals surface area contributed by atoms with Gasteiger partial charge in [-0.15, -0.1) is 0 Å². The van der Waals surface area contributed by atoms with Gasteiger partial charge in [0.25, 0.3) is 0 Å². The molecular formula is C24H21NO2. The predicted molar refractivity (Wildman–Crippen MR) is 110 cm³/mol. The van der Waals surface area contributed by atoms with Crippen LogP contribution in [0.5, 0.6) is 11.5 Å². The zero-order chi connectivity index (χ0) is 18.4. The van der Waals surface area contributed by atoms with Gasteiger partial charge >= 0.3 is 0 Å². The second kappa shape index (κ2) is 6.27. The van der Waals surface area contributed by atoms with E-state index in [0.29, 0.717) is 12.4 Å². The van der Waals surface area contributed by atoms with E-state index in [0.717, 1.165) is 36.0 Å². The van der Waals surface area contributed by atoms with Crippen molar-refractivity contribution in [2.24, 2.45) is 0 Å². The van der Waals surface area contributed by atoms with Crippen LogP contribution in [0.2, 0.25) is 0 Å². The van der Waals surface area contributed by atoms with Gasteiger partial charge in [0.05, 0.1) is 17.8 Å². The molecule has 4 aromatic rings. The molecule has 3 aromatic carbocycles. The van der Waals surface area contributed by atoms with Crippen LogP contribution < -0.4 is 4.74 Å². The second-order valence-electron chi connectivity index (χ2n) is 7.07. The minimum Gasteiger partial charge on any atom is -0.504 e. The highest BCUT2D eigenvalue weighted by Crippen LogP contribution is 2.40. The molecule has 3 heteroatoms. The Hall–Kier alpha value is -3.07. The van der Waals surface area contributed by atoms with E-state index in [1.54, 1.807) is 6.07 Å². The number of benzene rings is 3. The van der Waals surface area contributed by atoms with Crippen molar-refractivity contribution in [3.05, 3.63) is 65.7 Å². The SMILES string of the molecule is CCOc1cc(-c2nc3ccc4ccccc4c3c3c2CCC3)ccc1O. The van der Waals surface area contributed by atoms with Crippen LogP contribution in [0.25, 0.3) is 32.9 Å². The average Bonchev–Trinajstić information content (AvgIpc) is 3.19. The van der Waals surface area contributed by atoms with Crippen LogP contribution >= 0.6 is 0 Å². The molecule has 1 aliphatic carbocycles. The normalized spacial score (nSPS) is 13.2. The van der Waals surface area contributed by atoms with Gasteiger partial charge in [0.1, 0.15) is 0 Å². The summed E-state index contributed by atoms with van der Waals surface area (Å²) < 4.78 is 5.59. The number of nitrogens with zero attached hydrogens (tertiary/aromatic N) is 1. The second-order valence-corrected chi connectivity index (χ2v) is 7.07. The fourth-order valence-corrected chi connectivity index (χ4v) is 4.31. The first-order valence-corrected chi connectivity index (χ1v) is 9.55. The first kappa shape index (κ1) is 16.1. The van der Waals surface area contributed by atoms with Gasteiger partial charge < -0.3 is 9.84 Å². The summed E-state index contributed by atoms with van der Waals surface area (Å²) in [5, 5.41) is 13.9. The molecule has 1 N–H and O–H groups in total. The summed E-state index contributed by atoms with van der Waals surface area (Å²) >= 11 is 0. The van der Waals surface area contributed by atoms with Gasteiger partial charge in [0, 0.05) is 10.9 Å². The molecule has 0 unspecified atom stereocenters. The summed E-state index contributed by atoms with van der Waals surface area (Å²) in [7, 11) is 0. The molecular weight excluding hydrogens is 334 g/mol. The first-order valence-electron chi connectivity index (χ1n) is 9.55. The van der Waals surface area contributed by atoms with Gasteiger partial charge in [-0.1, -0.05) is 30.3 Å². The standard InChI is InChI=1S/C24H21NO2/c1-2-27-22-14-16(11-13-21(22)26)24-19-9-5-8-18(19)23-17-7-4-3-6-15(17)10-12-20(23)25-24/h3-4,6-7,10-14,26H,2,5,8-9H2,1H3. The van der Waals surface area contributed by atoms with E-state index in [4.69, 9.17) is 9.72 Å². The van der Waals surface area contributed by atoms with Crippen molar-refractivity contribution in [3.63, 3.8) is 0 Å². The maximum Gasteiger partial charge on any atom is 0.161 e. The van der Waals surface area contributed by atoms with Crippen molar-refractivity contribution >= 4 is 21.7 Å². The summed E-state index contributed by atoms with van der Waals surface area (Å²) in [6.45, 7) is 2.44. The van der Waals surface area contributed by atoms with Crippen LogP contribution in [-0.4, -0.2) is 16.7 Å². The average molecular weight is 355 g/mol. The van der Waals surface area contributed by atoms with Crippen LogP contribution in [0, 0.1) is 0 Å². The van der Waals surface area contributed by atoms with Gasteiger partial charge in [-0.05, 0) is 72.4 Å². The molecule has 1 heterocycles. The molecule has 1 aromatic heterocycles. The molecule has 0 saturated carbocycles. The van der Waals surface area contributed by atoms with E-state index < -0.39 is 0 Å². The van der Waals surface area contributed by atoms with E-state index in [1.165, 1.54) is 27.3 Å². The molecule has 0 bridgehead atoms. The maximum absolute atomic E-state index is 10.1. The topological polar surface area (TPSA) is 42.4 Å². The summed E-state index contributed by atoms with van der Waals surface area (Å²) in [6.07, 6.45) is 3.29. The first-order chi connectivity index (χ1) is 13.3. The molecule has 0 spiro atoms. The number of aryl methyl sites for hydroxylation is 1. The highest BCUT2D eigenvalue weighted by atomic mass is 16.5. The predicted octanol–water partition coefficient (Wildman–Crippen LogP) is 5.65. The summed E-state index contributed by atoms with van der Waals surface area (Å²) in [4.78, 5) is 5.06. The monoisotopic (exact) mass is 355 g/mol. The van der Waals surface area contributed by atoms with Crippen molar-refractivity contribution < 1.29 is 9.84 Å². The molecule has 0 aliphatic heterocycles. The highest BCUT2D eigenvalue weighted by Gasteiger charge is 2.22. The Balaban J connectivity index is 1.80. The van der Waals surface area contributed by atoms with Crippen LogP contribution in [0.3, 0.4) is 0 Å². The number of ether oxygens (including phenoxy) is 1. The Bertz CT molecular complexity index is 1180. The lowest BCUT2D eigenvalue weighted by atomic mass is 9.95. The number of phenols is 1. The van der Waals surface area contributed by atoms with Gasteiger partial charge in [-0.25, -0.2) is 4.98 Å². The highest BCUT2D eigenvalue weighted by molar-refractivity contribution is 6.09. The quantitative estimate of drug-likeness (QED) is 0.483. The number of pyridine rings is 1. The third kappa shape index (κ3) is 2.54. The van der Waals surface area contributed by atoms with E-state index in [2.05, 4.69) is 36.4 Å². The molecule has 0 radical (unpaired) electrons. The van der Waals surface area contributed by atoms with E-state index in [1.807, 2.05) is 19.1 Å². The lowest BCUT2D eigenvalue weighted by Gasteiger charge is -2.15. The third-order valence-corrected chi connectivity index (χ3v) is 5.48. The number of hydrogen-bond donors (Lipinski definition) is 1. The maximum atomic E-state index is 10.1. The Morgan fingerprint density at radius 1 is 1.00 bits per heavy atom.